The Morgan fingerprint density at radius 1 is 1.28 bits per heavy atom. The average molecular weight is 449 g/mol. The Balaban J connectivity index is 1.45. The molecule has 3 aromatic heterocycles. The molecule has 0 spiro atoms. The number of rotatable bonds is 4. The van der Waals surface area contributed by atoms with Crippen molar-refractivity contribution in [3.8, 4) is 0 Å². The first kappa shape index (κ1) is 20.3. The van der Waals surface area contributed by atoms with Crippen molar-refractivity contribution >= 4 is 39.2 Å². The van der Waals surface area contributed by atoms with Gasteiger partial charge >= 0.3 is 0 Å². The second kappa shape index (κ2) is 8.48. The van der Waals surface area contributed by atoms with Crippen LogP contribution in [-0.4, -0.2) is 56.2 Å². The molecule has 0 aliphatic carbocycles. The summed E-state index contributed by atoms with van der Waals surface area (Å²) in [5.41, 5.74) is 2.31. The van der Waals surface area contributed by atoms with Crippen LogP contribution in [0.3, 0.4) is 0 Å². The summed E-state index contributed by atoms with van der Waals surface area (Å²) in [4.78, 5) is 36.5. The molecule has 162 valence electrons. The molecule has 0 bridgehead atoms. The number of nitrogens with one attached hydrogen (secondary N) is 1. The predicted molar refractivity (Wildman–Crippen MR) is 120 cm³/mol. The Bertz CT molecular complexity index is 1290. The normalized spacial score (nSPS) is 16.3. The number of pyridine rings is 1. The average Bonchev–Trinajstić information content (AvgIpc) is 3.49. The first-order valence-electron chi connectivity index (χ1n) is 10.1. The SMILES string of the molecule is Cn1cc(C(=O)N2CCO[C@H](c3cc(C(=O)Nc4nccs4)c4ccccc4n3)C2)cn1. The summed E-state index contributed by atoms with van der Waals surface area (Å²) in [6.07, 6.45) is 4.45. The number of hydrogen-bond acceptors (Lipinski definition) is 7. The van der Waals surface area contributed by atoms with Crippen molar-refractivity contribution < 1.29 is 14.3 Å². The third-order valence-corrected chi connectivity index (χ3v) is 5.96. The Morgan fingerprint density at radius 3 is 2.94 bits per heavy atom. The highest BCUT2D eigenvalue weighted by atomic mass is 32.1. The van der Waals surface area contributed by atoms with E-state index in [0.29, 0.717) is 47.2 Å². The van der Waals surface area contributed by atoms with Crippen LogP contribution in [0.4, 0.5) is 5.13 Å². The van der Waals surface area contributed by atoms with Crippen molar-refractivity contribution in [3.05, 3.63) is 71.1 Å². The van der Waals surface area contributed by atoms with Crippen LogP contribution in [0.2, 0.25) is 0 Å². The highest BCUT2D eigenvalue weighted by Crippen LogP contribution is 2.27. The monoisotopic (exact) mass is 448 g/mol. The van der Waals surface area contributed by atoms with Crippen LogP contribution in [0.5, 0.6) is 0 Å². The van der Waals surface area contributed by atoms with E-state index in [2.05, 4.69) is 15.4 Å². The Morgan fingerprint density at radius 2 is 2.16 bits per heavy atom. The molecule has 1 N–H and O–H groups in total. The topological polar surface area (TPSA) is 102 Å². The number of thiazole rings is 1. The number of carbonyl (C=O) groups is 2. The van der Waals surface area contributed by atoms with E-state index in [-0.39, 0.29) is 11.8 Å². The minimum atomic E-state index is -0.444. The van der Waals surface area contributed by atoms with Crippen molar-refractivity contribution in [2.24, 2.45) is 7.05 Å². The molecule has 5 rings (SSSR count). The largest absolute Gasteiger partial charge is 0.368 e. The van der Waals surface area contributed by atoms with Gasteiger partial charge in [-0.2, -0.15) is 5.10 Å². The van der Waals surface area contributed by atoms with E-state index >= 15 is 0 Å². The quantitative estimate of drug-likeness (QED) is 0.515. The number of carbonyl (C=O) groups excluding carboxylic acids is 2. The molecular weight excluding hydrogens is 428 g/mol. The molecular formula is C22H20N6O3S. The first-order valence-corrected chi connectivity index (χ1v) is 11.0. The lowest BCUT2D eigenvalue weighted by molar-refractivity contribution is -0.0246. The van der Waals surface area contributed by atoms with Gasteiger partial charge in [0.25, 0.3) is 11.8 Å². The number of fused-ring (bicyclic) bond motifs is 1. The summed E-state index contributed by atoms with van der Waals surface area (Å²) in [6, 6.07) is 9.22. The van der Waals surface area contributed by atoms with Crippen LogP contribution in [0, 0.1) is 0 Å². The van der Waals surface area contributed by atoms with Crippen LogP contribution in [0.25, 0.3) is 10.9 Å². The van der Waals surface area contributed by atoms with Crippen molar-refractivity contribution in [1.29, 1.82) is 0 Å². The minimum Gasteiger partial charge on any atom is -0.368 e. The van der Waals surface area contributed by atoms with E-state index in [0.717, 1.165) is 5.39 Å². The van der Waals surface area contributed by atoms with E-state index in [9.17, 15) is 9.59 Å². The van der Waals surface area contributed by atoms with Crippen molar-refractivity contribution in [1.82, 2.24) is 24.6 Å². The smallest absolute Gasteiger partial charge is 0.258 e. The molecule has 0 radical (unpaired) electrons. The molecule has 4 heterocycles. The number of amides is 2. The highest BCUT2D eigenvalue weighted by molar-refractivity contribution is 7.13. The molecule has 4 aromatic rings. The zero-order valence-corrected chi connectivity index (χ0v) is 18.1. The maximum absolute atomic E-state index is 13.0. The number of hydrogen-bond donors (Lipinski definition) is 1. The van der Waals surface area contributed by atoms with Gasteiger partial charge in [-0.15, -0.1) is 11.3 Å². The highest BCUT2D eigenvalue weighted by Gasteiger charge is 2.29. The third-order valence-electron chi connectivity index (χ3n) is 5.27. The van der Waals surface area contributed by atoms with Crippen molar-refractivity contribution in [2.45, 2.75) is 6.10 Å². The maximum Gasteiger partial charge on any atom is 0.258 e. The summed E-state index contributed by atoms with van der Waals surface area (Å²) in [6.45, 7) is 1.20. The maximum atomic E-state index is 13.0. The molecule has 1 aromatic carbocycles. The van der Waals surface area contributed by atoms with Gasteiger partial charge in [0.1, 0.15) is 6.10 Å². The Labute approximate surface area is 187 Å². The number of benzene rings is 1. The number of nitrogens with zero attached hydrogens (tertiary/aromatic N) is 5. The molecule has 0 saturated carbocycles. The molecule has 0 unspecified atom stereocenters. The van der Waals surface area contributed by atoms with Crippen LogP contribution < -0.4 is 5.32 Å². The number of aromatic nitrogens is 4. The molecule has 1 atom stereocenters. The van der Waals surface area contributed by atoms with E-state index in [1.807, 2.05) is 24.3 Å². The lowest BCUT2D eigenvalue weighted by Crippen LogP contribution is -2.42. The lowest BCUT2D eigenvalue weighted by Gasteiger charge is -2.32. The van der Waals surface area contributed by atoms with Gasteiger partial charge in [-0.25, -0.2) is 9.97 Å². The summed E-state index contributed by atoms with van der Waals surface area (Å²) in [5.74, 6) is -0.368. The fraction of sp³-hybridized carbons (Fsp3) is 0.227. The van der Waals surface area contributed by atoms with Crippen molar-refractivity contribution in [2.75, 3.05) is 25.0 Å². The number of anilines is 1. The third kappa shape index (κ3) is 3.97. The molecule has 32 heavy (non-hydrogen) atoms. The summed E-state index contributed by atoms with van der Waals surface area (Å²) < 4.78 is 7.56. The van der Waals surface area contributed by atoms with Gasteiger partial charge in [0, 0.05) is 36.8 Å². The number of morpholine rings is 1. The van der Waals surface area contributed by atoms with Gasteiger partial charge in [0.2, 0.25) is 0 Å². The van der Waals surface area contributed by atoms with Gasteiger partial charge in [0.15, 0.2) is 5.13 Å². The van der Waals surface area contributed by atoms with E-state index < -0.39 is 6.10 Å². The van der Waals surface area contributed by atoms with Gasteiger partial charge in [0.05, 0.1) is 41.7 Å². The molecule has 9 nitrogen and oxygen atoms in total. The fourth-order valence-corrected chi connectivity index (χ4v) is 4.25. The molecule has 1 saturated heterocycles. The second-order valence-corrected chi connectivity index (χ2v) is 8.31. The molecule has 1 fully saturated rings. The summed E-state index contributed by atoms with van der Waals surface area (Å²) in [7, 11) is 1.77. The summed E-state index contributed by atoms with van der Waals surface area (Å²) >= 11 is 1.35. The Hall–Kier alpha value is -3.63. The predicted octanol–water partition coefficient (Wildman–Crippen LogP) is 2.89. The number of ether oxygens (including phenoxy) is 1. The van der Waals surface area contributed by atoms with Crippen LogP contribution in [0.15, 0.2) is 54.3 Å². The van der Waals surface area contributed by atoms with Crippen molar-refractivity contribution in [3.63, 3.8) is 0 Å². The standard InChI is InChI=1S/C22H20N6O3S/c1-27-12-14(11-24-27)21(30)28-7-8-31-19(13-28)18-10-16(15-4-2-3-5-17(15)25-18)20(29)26-22-23-6-9-32-22/h2-6,9-12,19H,7-8,13H2,1H3,(H,23,26,29)/t19-/m0/s1. The molecule has 2 amide bonds. The van der Waals surface area contributed by atoms with E-state index in [1.54, 1.807) is 46.7 Å². The summed E-state index contributed by atoms with van der Waals surface area (Å²) in [5, 5.41) is 9.99. The van der Waals surface area contributed by atoms with Crippen LogP contribution in [-0.2, 0) is 11.8 Å². The van der Waals surface area contributed by atoms with Crippen LogP contribution >= 0.6 is 11.3 Å². The molecule has 1 aliphatic heterocycles. The van der Waals surface area contributed by atoms with Gasteiger partial charge < -0.3 is 9.64 Å². The van der Waals surface area contributed by atoms with Gasteiger partial charge in [-0.1, -0.05) is 18.2 Å². The number of para-hydroxylation sites is 1. The van der Waals surface area contributed by atoms with E-state index in [1.165, 1.54) is 11.3 Å². The zero-order chi connectivity index (χ0) is 22.1. The number of aryl methyl sites for hydroxylation is 1. The Kier molecular flexibility index (Phi) is 5.38. The van der Waals surface area contributed by atoms with Crippen LogP contribution in [0.1, 0.15) is 32.5 Å². The zero-order valence-electron chi connectivity index (χ0n) is 17.3. The molecule has 10 heteroatoms. The minimum absolute atomic E-state index is 0.103. The van der Waals surface area contributed by atoms with E-state index in [4.69, 9.17) is 9.72 Å². The lowest BCUT2D eigenvalue weighted by atomic mass is 10.0. The fourth-order valence-electron chi connectivity index (χ4n) is 3.73. The molecule has 1 aliphatic rings. The van der Waals surface area contributed by atoms with Gasteiger partial charge in [-0.3, -0.25) is 19.6 Å². The second-order valence-electron chi connectivity index (χ2n) is 7.42. The van der Waals surface area contributed by atoms with Gasteiger partial charge in [-0.05, 0) is 12.1 Å². The first-order chi connectivity index (χ1) is 15.6.